The molecular weight excluding hydrogens is 366 g/mol. The Labute approximate surface area is 169 Å². The molecule has 0 aliphatic carbocycles. The van der Waals surface area contributed by atoms with Crippen LogP contribution in [-0.4, -0.2) is 45.6 Å². The van der Waals surface area contributed by atoms with Crippen LogP contribution in [0.4, 0.5) is 5.69 Å². The normalized spacial score (nSPS) is 17.3. The van der Waals surface area contributed by atoms with E-state index < -0.39 is 5.91 Å². The molecule has 1 atom stereocenters. The Morgan fingerprint density at radius 2 is 1.97 bits per heavy atom. The topological polar surface area (TPSA) is 93.3 Å². The minimum atomic E-state index is -0.497. The zero-order valence-electron chi connectivity index (χ0n) is 16.5. The maximum atomic E-state index is 12.7. The molecule has 1 aliphatic rings. The molecule has 1 aliphatic heterocycles. The number of primary amides is 1. The lowest BCUT2D eigenvalue weighted by molar-refractivity contribution is -0.122. The highest BCUT2D eigenvalue weighted by Gasteiger charge is 2.27. The summed E-state index contributed by atoms with van der Waals surface area (Å²) >= 11 is 0. The summed E-state index contributed by atoms with van der Waals surface area (Å²) in [6, 6.07) is 12.8. The molecule has 150 valence electrons. The minimum Gasteiger partial charge on any atom is -0.366 e. The van der Waals surface area contributed by atoms with Gasteiger partial charge in [-0.3, -0.25) is 14.5 Å². The molecule has 7 heteroatoms. The number of benzene rings is 2. The van der Waals surface area contributed by atoms with Crippen LogP contribution in [0.2, 0.25) is 0 Å². The number of hydrogen-bond acceptors (Lipinski definition) is 4. The summed E-state index contributed by atoms with van der Waals surface area (Å²) in [6.07, 6.45) is 5.01. The van der Waals surface area contributed by atoms with Crippen molar-refractivity contribution in [1.82, 2.24) is 14.7 Å². The van der Waals surface area contributed by atoms with Crippen molar-refractivity contribution >= 4 is 28.4 Å². The van der Waals surface area contributed by atoms with Gasteiger partial charge in [-0.15, -0.1) is 0 Å². The number of rotatable bonds is 5. The van der Waals surface area contributed by atoms with E-state index in [2.05, 4.69) is 22.2 Å². The van der Waals surface area contributed by atoms with Crippen LogP contribution in [0.25, 0.3) is 16.6 Å². The standard InChI is InChI=1S/C22H25N5O2/c1-2-26-13-4-3-8-19(26)22(29)24-16-9-11-17(12-10-16)27-14-15-6-5-7-18(21(23)28)20(15)25-27/h5-7,9-12,14,19H,2-4,8,13H2,1H3,(H2,23,28)(H,24,29). The second-order valence-corrected chi connectivity index (χ2v) is 7.36. The molecule has 1 unspecified atom stereocenters. The van der Waals surface area contributed by atoms with Crippen LogP contribution < -0.4 is 11.1 Å². The summed E-state index contributed by atoms with van der Waals surface area (Å²) < 4.78 is 1.71. The first-order chi connectivity index (χ1) is 14.1. The molecular formula is C22H25N5O2. The molecule has 2 amide bonds. The van der Waals surface area contributed by atoms with E-state index in [4.69, 9.17) is 5.73 Å². The number of anilines is 1. The molecule has 3 aromatic rings. The van der Waals surface area contributed by atoms with Crippen molar-refractivity contribution in [2.45, 2.75) is 32.2 Å². The van der Waals surface area contributed by atoms with Gasteiger partial charge in [0.05, 0.1) is 17.3 Å². The number of nitrogens with one attached hydrogen (secondary N) is 1. The maximum absolute atomic E-state index is 12.7. The number of nitrogens with zero attached hydrogens (tertiary/aromatic N) is 3. The number of nitrogens with two attached hydrogens (primary N) is 1. The van der Waals surface area contributed by atoms with Crippen LogP contribution >= 0.6 is 0 Å². The highest BCUT2D eigenvalue weighted by atomic mass is 16.2. The summed E-state index contributed by atoms with van der Waals surface area (Å²) in [5.74, 6) is -0.446. The minimum absolute atomic E-state index is 0.0511. The highest BCUT2D eigenvalue weighted by molar-refractivity contribution is 6.04. The molecule has 0 saturated carbocycles. The average Bonchev–Trinajstić information content (AvgIpc) is 3.18. The summed E-state index contributed by atoms with van der Waals surface area (Å²) in [6.45, 7) is 3.96. The van der Waals surface area contributed by atoms with Gasteiger partial charge in [-0.25, -0.2) is 4.68 Å². The summed E-state index contributed by atoms with van der Waals surface area (Å²) in [7, 11) is 0. The van der Waals surface area contributed by atoms with E-state index in [1.807, 2.05) is 36.5 Å². The van der Waals surface area contributed by atoms with Crippen LogP contribution in [-0.2, 0) is 4.79 Å². The molecule has 3 N–H and O–H groups in total. The van der Waals surface area contributed by atoms with Crippen molar-refractivity contribution in [3.8, 4) is 5.69 Å². The zero-order valence-corrected chi connectivity index (χ0v) is 16.5. The Hall–Kier alpha value is -3.19. The molecule has 29 heavy (non-hydrogen) atoms. The van der Waals surface area contributed by atoms with Gasteiger partial charge in [0.25, 0.3) is 5.91 Å². The summed E-state index contributed by atoms with van der Waals surface area (Å²) in [5.41, 5.74) is 8.02. The first-order valence-electron chi connectivity index (χ1n) is 10.0. The van der Waals surface area contributed by atoms with E-state index in [0.717, 1.165) is 49.1 Å². The van der Waals surface area contributed by atoms with Crippen molar-refractivity contribution in [3.05, 3.63) is 54.2 Å². The fourth-order valence-corrected chi connectivity index (χ4v) is 3.97. The number of fused-ring (bicyclic) bond motifs is 1. The SMILES string of the molecule is CCN1CCCCC1C(=O)Nc1ccc(-n2cc3cccc(C(N)=O)c3n2)cc1. The Morgan fingerprint density at radius 3 is 2.69 bits per heavy atom. The largest absolute Gasteiger partial charge is 0.366 e. The molecule has 1 fully saturated rings. The summed E-state index contributed by atoms with van der Waals surface area (Å²) in [4.78, 5) is 26.5. The van der Waals surface area contributed by atoms with Crippen LogP contribution in [0.5, 0.6) is 0 Å². The number of piperidine rings is 1. The van der Waals surface area contributed by atoms with Gasteiger partial charge in [-0.05, 0) is 56.3 Å². The molecule has 0 radical (unpaired) electrons. The van der Waals surface area contributed by atoms with Gasteiger partial charge >= 0.3 is 0 Å². The van der Waals surface area contributed by atoms with Crippen molar-refractivity contribution in [3.63, 3.8) is 0 Å². The quantitative estimate of drug-likeness (QED) is 0.699. The number of likely N-dealkylation sites (N-methyl/N-ethyl adjacent to an activating group) is 1. The zero-order chi connectivity index (χ0) is 20.4. The number of amides is 2. The van der Waals surface area contributed by atoms with Crippen LogP contribution in [0, 0.1) is 0 Å². The number of carbonyl (C=O) groups is 2. The number of aromatic nitrogens is 2. The molecule has 7 nitrogen and oxygen atoms in total. The predicted molar refractivity (Wildman–Crippen MR) is 113 cm³/mol. The lowest BCUT2D eigenvalue weighted by atomic mass is 10.0. The highest BCUT2D eigenvalue weighted by Crippen LogP contribution is 2.22. The van der Waals surface area contributed by atoms with Crippen LogP contribution in [0.15, 0.2) is 48.7 Å². The van der Waals surface area contributed by atoms with Crippen molar-refractivity contribution < 1.29 is 9.59 Å². The fraction of sp³-hybridized carbons (Fsp3) is 0.318. The summed E-state index contributed by atoms with van der Waals surface area (Å²) in [5, 5.41) is 8.39. The lowest BCUT2D eigenvalue weighted by Crippen LogP contribution is -2.46. The lowest BCUT2D eigenvalue weighted by Gasteiger charge is -2.33. The molecule has 0 spiro atoms. The van der Waals surface area contributed by atoms with Gasteiger partial charge in [0, 0.05) is 17.3 Å². The Morgan fingerprint density at radius 1 is 1.17 bits per heavy atom. The average molecular weight is 391 g/mol. The smallest absolute Gasteiger partial charge is 0.250 e. The second kappa shape index (κ2) is 8.05. The third kappa shape index (κ3) is 3.86. The van der Waals surface area contributed by atoms with E-state index in [-0.39, 0.29) is 11.9 Å². The van der Waals surface area contributed by atoms with E-state index in [9.17, 15) is 9.59 Å². The Balaban J connectivity index is 1.52. The van der Waals surface area contributed by atoms with Gasteiger partial charge in [0.15, 0.2) is 0 Å². The van der Waals surface area contributed by atoms with Gasteiger partial charge in [-0.1, -0.05) is 25.5 Å². The Bertz CT molecular complexity index is 1040. The Kier molecular flexibility index (Phi) is 5.31. The van der Waals surface area contributed by atoms with Crippen molar-refractivity contribution in [1.29, 1.82) is 0 Å². The molecule has 2 aromatic carbocycles. The van der Waals surface area contributed by atoms with Crippen LogP contribution in [0.1, 0.15) is 36.5 Å². The van der Waals surface area contributed by atoms with Gasteiger partial charge in [-0.2, -0.15) is 5.10 Å². The van der Waals surface area contributed by atoms with Crippen LogP contribution in [0.3, 0.4) is 0 Å². The molecule has 0 bridgehead atoms. The van der Waals surface area contributed by atoms with E-state index in [1.54, 1.807) is 16.8 Å². The van der Waals surface area contributed by atoms with Crippen molar-refractivity contribution in [2.24, 2.45) is 5.73 Å². The fourth-order valence-electron chi connectivity index (χ4n) is 3.97. The number of hydrogen-bond donors (Lipinski definition) is 2. The van der Waals surface area contributed by atoms with E-state index in [0.29, 0.717) is 11.1 Å². The number of likely N-dealkylation sites (tertiary alicyclic amines) is 1. The first kappa shape index (κ1) is 19.1. The van der Waals surface area contributed by atoms with Gasteiger partial charge in [0.2, 0.25) is 5.91 Å². The molecule has 1 saturated heterocycles. The maximum Gasteiger partial charge on any atom is 0.250 e. The third-order valence-electron chi connectivity index (χ3n) is 5.52. The molecule has 2 heterocycles. The number of carbonyl (C=O) groups excluding carboxylic acids is 2. The predicted octanol–water partition coefficient (Wildman–Crippen LogP) is 2.94. The van der Waals surface area contributed by atoms with Gasteiger partial charge < -0.3 is 11.1 Å². The monoisotopic (exact) mass is 391 g/mol. The first-order valence-corrected chi connectivity index (χ1v) is 10.0. The van der Waals surface area contributed by atoms with E-state index >= 15 is 0 Å². The molecule has 1 aromatic heterocycles. The molecule has 4 rings (SSSR count). The van der Waals surface area contributed by atoms with Crippen molar-refractivity contribution in [2.75, 3.05) is 18.4 Å². The third-order valence-corrected chi connectivity index (χ3v) is 5.52. The van der Waals surface area contributed by atoms with Gasteiger partial charge in [0.1, 0.15) is 5.52 Å². The second-order valence-electron chi connectivity index (χ2n) is 7.36. The van der Waals surface area contributed by atoms with E-state index in [1.165, 1.54) is 0 Å².